The molecule has 0 spiro atoms. The molecule has 0 aromatic carbocycles. The van der Waals surface area contributed by atoms with Crippen LogP contribution >= 0.6 is 12.6 Å². The molecule has 2 N–H and O–H groups in total. The normalized spacial score (nSPS) is 10.9. The van der Waals surface area contributed by atoms with Gasteiger partial charge in [-0.05, 0) is 0 Å². The number of hydrogen-bond acceptors (Lipinski definition) is 5. The molecule has 0 aliphatic heterocycles. The summed E-state index contributed by atoms with van der Waals surface area (Å²) in [4.78, 5) is 9.45. The van der Waals surface area contributed by atoms with Gasteiger partial charge in [0.1, 0.15) is 0 Å². The van der Waals surface area contributed by atoms with E-state index in [1.807, 2.05) is 0 Å². The lowest BCUT2D eigenvalue weighted by Gasteiger charge is -2.04. The van der Waals surface area contributed by atoms with Crippen LogP contribution in [0, 0.1) is 10.1 Å². The fourth-order valence-electron chi connectivity index (χ4n) is 0.495. The van der Waals surface area contributed by atoms with E-state index in [0.717, 1.165) is 6.20 Å². The predicted molar refractivity (Wildman–Crippen MR) is 46.0 cm³/mol. The first-order chi connectivity index (χ1) is 5.20. The van der Waals surface area contributed by atoms with E-state index < -0.39 is 4.92 Å². The smallest absolute Gasteiger partial charge is 0.274 e. The van der Waals surface area contributed by atoms with E-state index >= 15 is 0 Å². The summed E-state index contributed by atoms with van der Waals surface area (Å²) < 4.78 is 0. The van der Waals surface area contributed by atoms with Gasteiger partial charge in [-0.2, -0.15) is 12.6 Å². The minimum Gasteiger partial charge on any atom is -0.370 e. The summed E-state index contributed by atoms with van der Waals surface area (Å²) in [5.74, 6) is 1.03. The van der Waals surface area contributed by atoms with E-state index in [1.165, 1.54) is 0 Å². The minimum absolute atomic E-state index is 0.393. The van der Waals surface area contributed by atoms with Crippen molar-refractivity contribution in [3.8, 4) is 0 Å². The van der Waals surface area contributed by atoms with Crippen LogP contribution in [0.1, 0.15) is 0 Å². The highest BCUT2D eigenvalue weighted by atomic mass is 32.1. The first-order valence-electron chi connectivity index (χ1n) is 3.08. The SMILES string of the molecule is CNC(=C[N+](=O)[O-])NCCS. The van der Waals surface area contributed by atoms with Gasteiger partial charge in [0, 0.05) is 19.3 Å². The number of hydrogen-bond donors (Lipinski definition) is 3. The van der Waals surface area contributed by atoms with Crippen molar-refractivity contribution >= 4 is 12.6 Å². The average molecular weight is 177 g/mol. The Morgan fingerprint density at radius 2 is 2.45 bits per heavy atom. The zero-order chi connectivity index (χ0) is 8.69. The quantitative estimate of drug-likeness (QED) is 0.309. The number of rotatable bonds is 5. The first-order valence-corrected chi connectivity index (χ1v) is 3.71. The Labute approximate surface area is 70.4 Å². The number of nitrogens with one attached hydrogen (secondary N) is 2. The van der Waals surface area contributed by atoms with Gasteiger partial charge in [-0.3, -0.25) is 10.1 Å². The molecule has 5 nitrogen and oxygen atoms in total. The fourth-order valence-corrected chi connectivity index (χ4v) is 0.606. The summed E-state index contributed by atoms with van der Waals surface area (Å²) in [6.07, 6.45) is 0.878. The van der Waals surface area contributed by atoms with Crippen molar-refractivity contribution in [1.82, 2.24) is 10.6 Å². The largest absolute Gasteiger partial charge is 0.370 e. The summed E-state index contributed by atoms with van der Waals surface area (Å²) in [5.41, 5.74) is 0. The van der Waals surface area contributed by atoms with Crippen LogP contribution in [0.2, 0.25) is 0 Å². The molecule has 0 fully saturated rings. The highest BCUT2D eigenvalue weighted by molar-refractivity contribution is 7.80. The Balaban J connectivity index is 3.84. The van der Waals surface area contributed by atoms with Crippen LogP contribution in [0.5, 0.6) is 0 Å². The second-order valence-corrected chi connectivity index (χ2v) is 2.18. The maximum Gasteiger partial charge on any atom is 0.274 e. The third kappa shape index (κ3) is 5.53. The van der Waals surface area contributed by atoms with Crippen LogP contribution in [0.3, 0.4) is 0 Å². The minimum atomic E-state index is -0.517. The van der Waals surface area contributed by atoms with Gasteiger partial charge in [0.15, 0.2) is 5.82 Å². The summed E-state index contributed by atoms with van der Waals surface area (Å²) >= 11 is 3.94. The van der Waals surface area contributed by atoms with Gasteiger partial charge < -0.3 is 10.6 Å². The molecule has 0 rings (SSSR count). The second-order valence-electron chi connectivity index (χ2n) is 1.73. The molecule has 0 saturated carbocycles. The van der Waals surface area contributed by atoms with Gasteiger partial charge >= 0.3 is 0 Å². The third-order valence-electron chi connectivity index (χ3n) is 0.931. The average Bonchev–Trinajstić information content (AvgIpc) is 1.97. The molecule has 0 atom stereocenters. The lowest BCUT2D eigenvalue weighted by Crippen LogP contribution is -2.25. The summed E-state index contributed by atoms with van der Waals surface area (Å²) in [7, 11) is 1.61. The van der Waals surface area contributed by atoms with Gasteiger partial charge in [0.05, 0.1) is 4.92 Å². The Morgan fingerprint density at radius 3 is 2.82 bits per heavy atom. The van der Waals surface area contributed by atoms with Gasteiger partial charge in [-0.1, -0.05) is 0 Å². The molecular formula is C5H11N3O2S. The molecule has 11 heavy (non-hydrogen) atoms. The number of thiol groups is 1. The van der Waals surface area contributed by atoms with Gasteiger partial charge in [-0.25, -0.2) is 0 Å². The molecule has 0 amide bonds. The van der Waals surface area contributed by atoms with Crippen LogP contribution in [0.15, 0.2) is 12.0 Å². The second kappa shape index (κ2) is 5.84. The van der Waals surface area contributed by atoms with Crippen molar-refractivity contribution in [3.05, 3.63) is 22.1 Å². The lowest BCUT2D eigenvalue weighted by molar-refractivity contribution is -0.404. The van der Waals surface area contributed by atoms with Crippen LogP contribution < -0.4 is 10.6 Å². The molecular weight excluding hydrogens is 166 g/mol. The van der Waals surface area contributed by atoms with E-state index in [9.17, 15) is 10.1 Å². The predicted octanol–water partition coefficient (Wildman–Crippen LogP) is -0.199. The topological polar surface area (TPSA) is 67.2 Å². The molecule has 0 bridgehead atoms. The Bertz CT molecular complexity index is 160. The van der Waals surface area contributed by atoms with Crippen molar-refractivity contribution < 1.29 is 4.92 Å². The molecule has 0 aliphatic rings. The molecule has 0 aromatic rings. The van der Waals surface area contributed by atoms with E-state index in [0.29, 0.717) is 18.1 Å². The monoisotopic (exact) mass is 177 g/mol. The van der Waals surface area contributed by atoms with Crippen molar-refractivity contribution in [3.63, 3.8) is 0 Å². The van der Waals surface area contributed by atoms with E-state index in [1.54, 1.807) is 7.05 Å². The highest BCUT2D eigenvalue weighted by Crippen LogP contribution is 1.82. The number of nitro groups is 1. The van der Waals surface area contributed by atoms with Gasteiger partial charge in [0.25, 0.3) is 6.20 Å². The molecule has 0 aromatic heterocycles. The zero-order valence-electron chi connectivity index (χ0n) is 6.20. The van der Waals surface area contributed by atoms with Crippen LogP contribution in [-0.2, 0) is 0 Å². The Kier molecular flexibility index (Phi) is 5.36. The van der Waals surface area contributed by atoms with Crippen molar-refractivity contribution in [2.24, 2.45) is 0 Å². The van der Waals surface area contributed by atoms with Crippen molar-refractivity contribution in [2.45, 2.75) is 0 Å². The lowest BCUT2D eigenvalue weighted by atomic mass is 10.6. The van der Waals surface area contributed by atoms with Gasteiger partial charge in [0.2, 0.25) is 0 Å². The zero-order valence-corrected chi connectivity index (χ0v) is 7.10. The van der Waals surface area contributed by atoms with E-state index in [-0.39, 0.29) is 0 Å². The first kappa shape index (κ1) is 10.1. The van der Waals surface area contributed by atoms with Crippen LogP contribution in [0.4, 0.5) is 0 Å². The Hall–Kier alpha value is -0.910. The molecule has 0 radical (unpaired) electrons. The van der Waals surface area contributed by atoms with Crippen LogP contribution in [0.25, 0.3) is 0 Å². The summed E-state index contributed by atoms with van der Waals surface area (Å²) in [6, 6.07) is 0. The van der Waals surface area contributed by atoms with E-state index in [4.69, 9.17) is 0 Å². The molecule has 0 saturated heterocycles. The van der Waals surface area contributed by atoms with Gasteiger partial charge in [-0.15, -0.1) is 0 Å². The molecule has 0 unspecified atom stereocenters. The molecule has 0 aliphatic carbocycles. The van der Waals surface area contributed by atoms with E-state index in [2.05, 4.69) is 23.3 Å². The Morgan fingerprint density at radius 1 is 1.82 bits per heavy atom. The maximum absolute atomic E-state index is 9.96. The third-order valence-corrected chi connectivity index (χ3v) is 1.15. The maximum atomic E-state index is 9.96. The molecule has 0 heterocycles. The standard InChI is InChI=1S/C5H11N3O2S/c1-6-5(4-8(9)10)7-2-3-11/h4,6-7,11H,2-3H2,1H3. The molecule has 64 valence electrons. The summed E-state index contributed by atoms with van der Waals surface area (Å²) in [6.45, 7) is 0.601. The highest BCUT2D eigenvalue weighted by Gasteiger charge is 1.96. The van der Waals surface area contributed by atoms with Crippen molar-refractivity contribution in [1.29, 1.82) is 0 Å². The van der Waals surface area contributed by atoms with Crippen LogP contribution in [-0.4, -0.2) is 24.3 Å². The van der Waals surface area contributed by atoms with Crippen molar-refractivity contribution in [2.75, 3.05) is 19.3 Å². The molecule has 6 heteroatoms. The number of nitrogens with zero attached hydrogens (tertiary/aromatic N) is 1. The summed E-state index contributed by atoms with van der Waals surface area (Å²) in [5, 5.41) is 15.4. The fraction of sp³-hybridized carbons (Fsp3) is 0.600.